The number of carbonyl (C=O) groups excluding carboxylic acids is 1. The molecule has 1 saturated carbocycles. The molecular formula is C25H31ClN6O2. The van der Waals surface area contributed by atoms with Crippen molar-refractivity contribution >= 4 is 23.2 Å². The van der Waals surface area contributed by atoms with Gasteiger partial charge < -0.3 is 4.90 Å². The van der Waals surface area contributed by atoms with E-state index in [4.69, 9.17) is 11.6 Å². The molecule has 2 fully saturated rings. The van der Waals surface area contributed by atoms with Crippen LogP contribution >= 0.6 is 11.6 Å². The lowest BCUT2D eigenvalue weighted by molar-refractivity contribution is -0.133. The zero-order chi connectivity index (χ0) is 23.5. The molecule has 1 saturated heterocycles. The minimum atomic E-state index is -0.240. The van der Waals surface area contributed by atoms with Crippen LogP contribution in [-0.4, -0.2) is 67.1 Å². The highest BCUT2D eigenvalue weighted by molar-refractivity contribution is 6.30. The van der Waals surface area contributed by atoms with E-state index in [1.807, 2.05) is 4.90 Å². The van der Waals surface area contributed by atoms with Gasteiger partial charge in [0, 0.05) is 68.2 Å². The maximum Gasteiger partial charge on any atom is 0.300 e. The second kappa shape index (κ2) is 10.3. The zero-order valence-electron chi connectivity index (χ0n) is 19.4. The lowest BCUT2D eigenvalue weighted by atomic mass is 9.94. The third-order valence-corrected chi connectivity index (χ3v) is 7.45. The number of piperazine rings is 1. The molecule has 0 unspecified atom stereocenters. The van der Waals surface area contributed by atoms with Crippen molar-refractivity contribution in [3.63, 3.8) is 0 Å². The number of aryl methyl sites for hydroxylation is 1. The van der Waals surface area contributed by atoms with Gasteiger partial charge in [0.05, 0.1) is 0 Å². The van der Waals surface area contributed by atoms with Crippen molar-refractivity contribution < 1.29 is 4.79 Å². The Hall–Kier alpha value is -2.71. The van der Waals surface area contributed by atoms with Crippen LogP contribution in [0.2, 0.25) is 5.02 Å². The average Bonchev–Trinajstić information content (AvgIpc) is 3.29. The molecule has 0 radical (unpaired) electrons. The van der Waals surface area contributed by atoms with Crippen LogP contribution in [0.3, 0.4) is 0 Å². The number of amides is 1. The van der Waals surface area contributed by atoms with Gasteiger partial charge in [0.25, 0.3) is 0 Å². The van der Waals surface area contributed by atoms with Gasteiger partial charge in [-0.2, -0.15) is 0 Å². The largest absolute Gasteiger partial charge is 0.340 e. The number of carbonyl (C=O) groups is 1. The molecule has 2 aromatic heterocycles. The fourth-order valence-electron chi connectivity index (χ4n) is 5.25. The van der Waals surface area contributed by atoms with E-state index in [9.17, 15) is 9.59 Å². The molecule has 1 aromatic carbocycles. The summed E-state index contributed by atoms with van der Waals surface area (Å²) in [6.07, 6.45) is 12.0. The van der Waals surface area contributed by atoms with Gasteiger partial charge in [-0.05, 0) is 43.5 Å². The highest BCUT2D eigenvalue weighted by Crippen LogP contribution is 2.23. The molecule has 8 nitrogen and oxygen atoms in total. The molecule has 3 heterocycles. The Balaban J connectivity index is 1.16. The van der Waals surface area contributed by atoms with Gasteiger partial charge in [0.2, 0.25) is 11.6 Å². The molecule has 0 N–H and O–H groups in total. The molecule has 0 atom stereocenters. The third kappa shape index (κ3) is 4.88. The monoisotopic (exact) mass is 482 g/mol. The summed E-state index contributed by atoms with van der Waals surface area (Å²) in [5, 5.41) is 8.95. The lowest BCUT2D eigenvalue weighted by Gasteiger charge is -2.40. The maximum atomic E-state index is 12.9. The number of fused-ring (bicyclic) bond motifs is 1. The van der Waals surface area contributed by atoms with Gasteiger partial charge in [-0.3, -0.25) is 23.5 Å². The first-order valence-electron chi connectivity index (χ1n) is 12.3. The van der Waals surface area contributed by atoms with E-state index < -0.39 is 0 Å². The second-order valence-corrected chi connectivity index (χ2v) is 9.76. The Morgan fingerprint density at radius 2 is 1.71 bits per heavy atom. The van der Waals surface area contributed by atoms with Crippen molar-refractivity contribution in [3.8, 4) is 5.69 Å². The Labute approximate surface area is 204 Å². The minimum absolute atomic E-state index is 0.210. The van der Waals surface area contributed by atoms with Gasteiger partial charge in [-0.1, -0.05) is 30.9 Å². The number of halogens is 1. The van der Waals surface area contributed by atoms with Crippen molar-refractivity contribution in [2.24, 2.45) is 0 Å². The molecule has 1 aliphatic carbocycles. The minimum Gasteiger partial charge on any atom is -0.340 e. The average molecular weight is 483 g/mol. The van der Waals surface area contributed by atoms with Gasteiger partial charge in [0.15, 0.2) is 0 Å². The summed E-state index contributed by atoms with van der Waals surface area (Å²) >= 11 is 5.95. The zero-order valence-corrected chi connectivity index (χ0v) is 20.2. The topological polar surface area (TPSA) is 75.7 Å². The normalized spacial score (nSPS) is 18.0. The summed E-state index contributed by atoms with van der Waals surface area (Å²) in [5.41, 5.74) is 0.753. The summed E-state index contributed by atoms with van der Waals surface area (Å²) in [5.74, 6) is 0.910. The molecule has 180 valence electrons. The molecule has 1 amide bonds. The van der Waals surface area contributed by atoms with Crippen LogP contribution in [0.25, 0.3) is 11.3 Å². The van der Waals surface area contributed by atoms with Gasteiger partial charge in [0.1, 0.15) is 5.82 Å². The summed E-state index contributed by atoms with van der Waals surface area (Å²) in [6.45, 7) is 3.64. The SMILES string of the molecule is O=C(CCCc1nnc2c(=O)n(-c3ccc(Cl)cc3)ccn12)N1CCN(C2CCCCC2)CC1. The first-order chi connectivity index (χ1) is 16.6. The van der Waals surface area contributed by atoms with Crippen LogP contribution in [-0.2, 0) is 11.2 Å². The van der Waals surface area contributed by atoms with Crippen LogP contribution in [0.4, 0.5) is 0 Å². The van der Waals surface area contributed by atoms with Crippen molar-refractivity contribution in [2.45, 2.75) is 57.4 Å². The molecule has 0 bridgehead atoms. The first-order valence-corrected chi connectivity index (χ1v) is 12.7. The van der Waals surface area contributed by atoms with E-state index in [2.05, 4.69) is 15.1 Å². The summed E-state index contributed by atoms with van der Waals surface area (Å²) in [6, 6.07) is 7.79. The predicted octanol–water partition coefficient (Wildman–Crippen LogP) is 3.33. The quantitative estimate of drug-likeness (QED) is 0.538. The van der Waals surface area contributed by atoms with E-state index in [1.54, 1.807) is 41.1 Å². The highest BCUT2D eigenvalue weighted by atomic mass is 35.5. The fraction of sp³-hybridized carbons (Fsp3) is 0.520. The van der Waals surface area contributed by atoms with Crippen LogP contribution in [0, 0.1) is 0 Å². The lowest BCUT2D eigenvalue weighted by Crippen LogP contribution is -2.52. The molecule has 34 heavy (non-hydrogen) atoms. The standard InChI is InChI=1S/C25H31ClN6O2/c26-19-9-11-21(12-10-19)31-17-18-32-22(27-28-24(32)25(31)34)7-4-8-23(33)30-15-13-29(14-16-30)20-5-2-1-3-6-20/h9-12,17-18,20H,1-8,13-16H2. The second-order valence-electron chi connectivity index (χ2n) is 9.32. The summed E-state index contributed by atoms with van der Waals surface area (Å²) < 4.78 is 3.25. The molecule has 2 aliphatic rings. The molecule has 3 aromatic rings. The summed E-state index contributed by atoms with van der Waals surface area (Å²) in [7, 11) is 0. The number of nitrogens with zero attached hydrogens (tertiary/aromatic N) is 6. The number of rotatable bonds is 6. The summed E-state index contributed by atoms with van der Waals surface area (Å²) in [4.78, 5) is 30.2. The molecule has 9 heteroatoms. The Bertz CT molecular complexity index is 1190. The van der Waals surface area contributed by atoms with Gasteiger partial charge >= 0.3 is 5.56 Å². The van der Waals surface area contributed by atoms with Gasteiger partial charge in [-0.15, -0.1) is 10.2 Å². The first kappa shape index (κ1) is 23.1. The number of benzene rings is 1. The number of hydrogen-bond acceptors (Lipinski definition) is 5. The molecular weight excluding hydrogens is 452 g/mol. The van der Waals surface area contributed by atoms with E-state index in [-0.39, 0.29) is 17.1 Å². The van der Waals surface area contributed by atoms with Crippen molar-refractivity contribution in [1.82, 2.24) is 29.0 Å². The van der Waals surface area contributed by atoms with E-state index in [1.165, 1.54) is 36.7 Å². The Morgan fingerprint density at radius 1 is 0.971 bits per heavy atom. The molecule has 1 aliphatic heterocycles. The van der Waals surface area contributed by atoms with Crippen LogP contribution < -0.4 is 5.56 Å². The van der Waals surface area contributed by atoms with Crippen molar-refractivity contribution in [1.29, 1.82) is 0 Å². The van der Waals surface area contributed by atoms with Crippen LogP contribution in [0.15, 0.2) is 41.5 Å². The van der Waals surface area contributed by atoms with E-state index in [0.29, 0.717) is 30.1 Å². The van der Waals surface area contributed by atoms with E-state index in [0.717, 1.165) is 37.9 Å². The third-order valence-electron chi connectivity index (χ3n) is 7.20. The smallest absolute Gasteiger partial charge is 0.300 e. The van der Waals surface area contributed by atoms with Crippen LogP contribution in [0.1, 0.15) is 50.8 Å². The molecule has 0 spiro atoms. The Morgan fingerprint density at radius 3 is 2.44 bits per heavy atom. The number of aromatic nitrogens is 4. The number of hydrogen-bond donors (Lipinski definition) is 0. The fourth-order valence-corrected chi connectivity index (χ4v) is 5.37. The molecule has 5 rings (SSSR count). The van der Waals surface area contributed by atoms with E-state index >= 15 is 0 Å². The van der Waals surface area contributed by atoms with Crippen molar-refractivity contribution in [2.75, 3.05) is 26.2 Å². The van der Waals surface area contributed by atoms with Crippen LogP contribution in [0.5, 0.6) is 0 Å². The van der Waals surface area contributed by atoms with Gasteiger partial charge in [-0.25, -0.2) is 0 Å². The Kier molecular flexibility index (Phi) is 6.97. The highest BCUT2D eigenvalue weighted by Gasteiger charge is 2.26. The van der Waals surface area contributed by atoms with Crippen molar-refractivity contribution in [3.05, 3.63) is 57.9 Å². The predicted molar refractivity (Wildman–Crippen MR) is 132 cm³/mol. The maximum absolute atomic E-state index is 12.9.